The lowest BCUT2D eigenvalue weighted by Gasteiger charge is -2.59. The molecule has 4 aliphatic carbocycles. The average Bonchev–Trinajstić information content (AvgIpc) is 2.97. The Morgan fingerprint density at radius 1 is 1.00 bits per heavy atom. The standard InChI is InChI=1S/C30H50O2/c1-20(2)9-7-10-21(3)26-14-15-27-25-13-12-23-19-24(32-22(4)31)11-8-17-29(23,5)28(25)16-18-30(26,27)6/h11,20-21,23,25-28H,7-10,12-19H2,1-6H3/t21-,23+,25-,26-,27+,28-,29+,30-/m1/s1. The zero-order valence-corrected chi connectivity index (χ0v) is 21.9. The first-order valence-electron chi connectivity index (χ1n) is 14.0. The van der Waals surface area contributed by atoms with Gasteiger partial charge in [0.05, 0.1) is 0 Å². The zero-order valence-electron chi connectivity index (χ0n) is 21.9. The number of ether oxygens (including phenoxy) is 1. The van der Waals surface area contributed by atoms with Crippen LogP contribution < -0.4 is 0 Å². The minimum absolute atomic E-state index is 0.151. The Hall–Kier alpha value is -0.790. The van der Waals surface area contributed by atoms with E-state index < -0.39 is 0 Å². The molecule has 182 valence electrons. The van der Waals surface area contributed by atoms with Gasteiger partial charge < -0.3 is 4.74 Å². The Labute approximate surface area is 198 Å². The molecule has 2 heteroatoms. The monoisotopic (exact) mass is 442 g/mol. The molecule has 4 aliphatic rings. The van der Waals surface area contributed by atoms with Gasteiger partial charge in [-0.25, -0.2) is 0 Å². The summed E-state index contributed by atoms with van der Waals surface area (Å²) < 4.78 is 5.60. The van der Waals surface area contributed by atoms with E-state index in [1.54, 1.807) is 6.92 Å². The molecule has 0 aromatic heterocycles. The van der Waals surface area contributed by atoms with E-state index in [-0.39, 0.29) is 5.97 Å². The Balaban J connectivity index is 1.46. The van der Waals surface area contributed by atoms with E-state index in [1.807, 2.05) is 0 Å². The summed E-state index contributed by atoms with van der Waals surface area (Å²) in [6, 6.07) is 0. The van der Waals surface area contributed by atoms with Gasteiger partial charge in [0.1, 0.15) is 5.76 Å². The third kappa shape index (κ3) is 4.46. The molecule has 32 heavy (non-hydrogen) atoms. The third-order valence-corrected chi connectivity index (χ3v) is 11.0. The molecule has 0 aromatic carbocycles. The molecule has 0 spiro atoms. The summed E-state index contributed by atoms with van der Waals surface area (Å²) >= 11 is 0. The van der Waals surface area contributed by atoms with E-state index >= 15 is 0 Å². The molecule has 0 aliphatic heterocycles. The van der Waals surface area contributed by atoms with Gasteiger partial charge in [-0.1, -0.05) is 53.9 Å². The maximum atomic E-state index is 11.6. The van der Waals surface area contributed by atoms with Gasteiger partial charge in [0.2, 0.25) is 0 Å². The predicted octanol–water partition coefficient (Wildman–Crippen LogP) is 8.55. The summed E-state index contributed by atoms with van der Waals surface area (Å²) in [6.45, 7) is 14.2. The van der Waals surface area contributed by atoms with E-state index in [2.05, 4.69) is 40.7 Å². The van der Waals surface area contributed by atoms with Crippen LogP contribution in [0.15, 0.2) is 11.8 Å². The number of fused-ring (bicyclic) bond motifs is 5. The number of hydrogen-bond acceptors (Lipinski definition) is 2. The van der Waals surface area contributed by atoms with E-state index in [9.17, 15) is 4.79 Å². The molecule has 0 heterocycles. The van der Waals surface area contributed by atoms with E-state index in [0.717, 1.165) is 54.1 Å². The fourth-order valence-corrected chi connectivity index (χ4v) is 9.42. The Bertz CT molecular complexity index is 708. The van der Waals surface area contributed by atoms with E-state index in [1.165, 1.54) is 64.2 Å². The second kappa shape index (κ2) is 9.46. The topological polar surface area (TPSA) is 26.3 Å². The summed E-state index contributed by atoms with van der Waals surface area (Å²) in [5, 5.41) is 0. The lowest BCUT2D eigenvalue weighted by molar-refractivity contribution is -0.138. The van der Waals surface area contributed by atoms with Crippen molar-refractivity contribution >= 4 is 5.97 Å². The average molecular weight is 443 g/mol. The molecule has 3 fully saturated rings. The van der Waals surface area contributed by atoms with Crippen molar-refractivity contribution in [1.82, 2.24) is 0 Å². The van der Waals surface area contributed by atoms with E-state index in [0.29, 0.717) is 16.7 Å². The lowest BCUT2D eigenvalue weighted by atomic mass is 9.45. The van der Waals surface area contributed by atoms with Crippen LogP contribution in [0.3, 0.4) is 0 Å². The molecule has 0 saturated heterocycles. The summed E-state index contributed by atoms with van der Waals surface area (Å²) in [5.41, 5.74) is 0.997. The van der Waals surface area contributed by atoms with Gasteiger partial charge in [0, 0.05) is 13.3 Å². The fourth-order valence-electron chi connectivity index (χ4n) is 9.42. The molecule has 0 aromatic rings. The van der Waals surface area contributed by atoms with Gasteiger partial charge in [0.25, 0.3) is 0 Å². The first-order valence-corrected chi connectivity index (χ1v) is 14.0. The summed E-state index contributed by atoms with van der Waals surface area (Å²) in [7, 11) is 0. The smallest absolute Gasteiger partial charge is 0.307 e. The van der Waals surface area contributed by atoms with Gasteiger partial charge in [-0.2, -0.15) is 0 Å². The normalized spacial score (nSPS) is 42.3. The Kier molecular flexibility index (Phi) is 7.19. The molecule has 0 unspecified atom stereocenters. The zero-order chi connectivity index (χ0) is 23.1. The van der Waals surface area contributed by atoms with Crippen molar-refractivity contribution in [2.75, 3.05) is 0 Å². The van der Waals surface area contributed by atoms with Crippen LogP contribution in [-0.4, -0.2) is 5.97 Å². The van der Waals surface area contributed by atoms with Gasteiger partial charge in [-0.05, 0) is 110 Å². The Morgan fingerprint density at radius 2 is 1.75 bits per heavy atom. The number of carbonyl (C=O) groups is 1. The number of esters is 1. The molecule has 2 nitrogen and oxygen atoms in total. The van der Waals surface area contributed by atoms with Crippen LogP contribution in [0.2, 0.25) is 0 Å². The maximum Gasteiger partial charge on any atom is 0.307 e. The van der Waals surface area contributed by atoms with Crippen molar-refractivity contribution in [3.63, 3.8) is 0 Å². The summed E-state index contributed by atoms with van der Waals surface area (Å²) in [5.74, 6) is 6.92. The van der Waals surface area contributed by atoms with Crippen LogP contribution >= 0.6 is 0 Å². The second-order valence-corrected chi connectivity index (χ2v) is 13.2. The summed E-state index contributed by atoms with van der Waals surface area (Å²) in [4.78, 5) is 11.6. The van der Waals surface area contributed by atoms with Crippen molar-refractivity contribution in [2.24, 2.45) is 52.3 Å². The van der Waals surface area contributed by atoms with Gasteiger partial charge >= 0.3 is 5.97 Å². The molecular weight excluding hydrogens is 392 g/mol. The van der Waals surface area contributed by atoms with Gasteiger partial charge in [-0.15, -0.1) is 0 Å². The van der Waals surface area contributed by atoms with E-state index in [4.69, 9.17) is 4.74 Å². The largest absolute Gasteiger partial charge is 0.432 e. The number of carbonyl (C=O) groups excluding carboxylic acids is 1. The predicted molar refractivity (Wildman–Crippen MR) is 133 cm³/mol. The molecule has 0 bridgehead atoms. The maximum absolute atomic E-state index is 11.6. The SMILES string of the molecule is CC(=O)OC1=CCC[C@@]2(C)[C@@H](CC[C@H]3[C@H]2CC[C@]2(C)[C@@H]([C@H](C)CCCC(C)C)CC[C@@H]32)C1. The number of rotatable bonds is 6. The van der Waals surface area contributed by atoms with Crippen molar-refractivity contribution in [3.8, 4) is 0 Å². The highest BCUT2D eigenvalue weighted by Crippen LogP contribution is 2.68. The van der Waals surface area contributed by atoms with Crippen molar-refractivity contribution in [2.45, 2.75) is 119 Å². The van der Waals surface area contributed by atoms with Crippen LogP contribution in [0.1, 0.15) is 119 Å². The molecule has 0 N–H and O–H groups in total. The highest BCUT2D eigenvalue weighted by atomic mass is 16.5. The van der Waals surface area contributed by atoms with Crippen molar-refractivity contribution in [3.05, 3.63) is 11.8 Å². The number of allylic oxidation sites excluding steroid dienone is 2. The fraction of sp³-hybridized carbons (Fsp3) is 0.900. The summed E-state index contributed by atoms with van der Waals surface area (Å²) in [6.07, 6.45) is 18.4. The van der Waals surface area contributed by atoms with Gasteiger partial charge in [0.15, 0.2) is 0 Å². The van der Waals surface area contributed by atoms with Gasteiger partial charge in [-0.3, -0.25) is 4.79 Å². The molecule has 0 radical (unpaired) electrons. The molecule has 3 saturated carbocycles. The third-order valence-electron chi connectivity index (χ3n) is 11.0. The van der Waals surface area contributed by atoms with Crippen LogP contribution in [0.5, 0.6) is 0 Å². The quantitative estimate of drug-likeness (QED) is 0.385. The van der Waals surface area contributed by atoms with Crippen LogP contribution in [0.25, 0.3) is 0 Å². The number of hydrogen-bond donors (Lipinski definition) is 0. The van der Waals surface area contributed by atoms with Crippen LogP contribution in [-0.2, 0) is 9.53 Å². The van der Waals surface area contributed by atoms with Crippen molar-refractivity contribution < 1.29 is 9.53 Å². The van der Waals surface area contributed by atoms with Crippen LogP contribution in [0, 0.1) is 52.3 Å². The molecular formula is C30H50O2. The minimum atomic E-state index is -0.151. The Morgan fingerprint density at radius 3 is 2.47 bits per heavy atom. The highest BCUT2D eigenvalue weighted by molar-refractivity contribution is 5.67. The van der Waals surface area contributed by atoms with Crippen molar-refractivity contribution in [1.29, 1.82) is 0 Å². The highest BCUT2D eigenvalue weighted by Gasteiger charge is 2.60. The minimum Gasteiger partial charge on any atom is -0.432 e. The second-order valence-electron chi connectivity index (χ2n) is 13.2. The first-order chi connectivity index (χ1) is 15.1. The molecule has 0 amide bonds. The first kappa shape index (κ1) is 24.3. The molecule has 8 atom stereocenters. The molecule has 4 rings (SSSR count). The lowest BCUT2D eigenvalue weighted by Crippen LogP contribution is -2.52. The van der Waals surface area contributed by atoms with Crippen LogP contribution in [0.4, 0.5) is 0 Å².